The average molecular weight is 439 g/mol. The van der Waals surface area contributed by atoms with Gasteiger partial charge in [-0.2, -0.15) is 4.31 Å². The number of carbonyl (C=O) groups excluding carboxylic acids is 1. The third kappa shape index (κ3) is 5.57. The van der Waals surface area contributed by atoms with E-state index in [1.165, 1.54) is 10.4 Å². The van der Waals surface area contributed by atoms with Gasteiger partial charge in [-0.1, -0.05) is 12.1 Å². The number of nitrogens with zero attached hydrogens (tertiary/aromatic N) is 1. The van der Waals surface area contributed by atoms with Crippen molar-refractivity contribution in [2.24, 2.45) is 0 Å². The van der Waals surface area contributed by atoms with Crippen LogP contribution < -0.4 is 10.1 Å². The summed E-state index contributed by atoms with van der Waals surface area (Å²) in [4.78, 5) is 12.9. The van der Waals surface area contributed by atoms with Crippen LogP contribution in [0.1, 0.15) is 29.1 Å². The Hall–Kier alpha value is -1.94. The number of amides is 1. The maximum Gasteiger partial charge on any atom is 0.262 e. The molecule has 1 aromatic heterocycles. The monoisotopic (exact) mass is 438 g/mol. The van der Waals surface area contributed by atoms with Crippen LogP contribution in [0.25, 0.3) is 0 Å². The van der Waals surface area contributed by atoms with Crippen LogP contribution in [0.2, 0.25) is 0 Å². The first-order chi connectivity index (χ1) is 13.9. The van der Waals surface area contributed by atoms with Crippen LogP contribution in [0, 0.1) is 0 Å². The fraction of sp³-hybridized carbons (Fsp3) is 0.450. The maximum absolute atomic E-state index is 12.9. The van der Waals surface area contributed by atoms with Crippen molar-refractivity contribution in [3.63, 3.8) is 0 Å². The van der Waals surface area contributed by atoms with Gasteiger partial charge in [0.05, 0.1) is 19.3 Å². The Kier molecular flexibility index (Phi) is 7.28. The molecule has 1 aromatic carbocycles. The summed E-state index contributed by atoms with van der Waals surface area (Å²) in [5.41, 5.74) is 1.06. The van der Waals surface area contributed by atoms with Gasteiger partial charge in [-0.25, -0.2) is 8.42 Å². The molecule has 0 spiro atoms. The molecule has 3 rings (SSSR count). The lowest BCUT2D eigenvalue weighted by Crippen LogP contribution is -2.41. The number of ether oxygens (including phenoxy) is 2. The Labute approximate surface area is 175 Å². The Balaban J connectivity index is 1.58. The normalized spacial score (nSPS) is 15.4. The van der Waals surface area contributed by atoms with Gasteiger partial charge in [0.1, 0.15) is 15.5 Å². The van der Waals surface area contributed by atoms with Crippen molar-refractivity contribution < 1.29 is 22.7 Å². The highest BCUT2D eigenvalue weighted by molar-refractivity contribution is 7.89. The smallest absolute Gasteiger partial charge is 0.262 e. The van der Waals surface area contributed by atoms with Crippen molar-refractivity contribution in [1.29, 1.82) is 0 Å². The molecular weight excluding hydrogens is 412 g/mol. The molecular formula is C20H26N2O5S2. The molecule has 0 radical (unpaired) electrons. The number of rotatable bonds is 8. The number of nitrogens with one attached hydrogen (secondary N) is 1. The molecule has 29 heavy (non-hydrogen) atoms. The summed E-state index contributed by atoms with van der Waals surface area (Å²) < 4.78 is 37.9. The van der Waals surface area contributed by atoms with Crippen molar-refractivity contribution >= 4 is 27.3 Å². The highest BCUT2D eigenvalue weighted by Gasteiger charge is 2.31. The molecule has 1 aliphatic rings. The summed E-state index contributed by atoms with van der Waals surface area (Å²) >= 11 is 1.14. The van der Waals surface area contributed by atoms with Gasteiger partial charge < -0.3 is 14.8 Å². The van der Waals surface area contributed by atoms with E-state index >= 15 is 0 Å². The number of benzene rings is 1. The lowest BCUT2D eigenvalue weighted by Gasteiger charge is -2.26. The Bertz CT molecular complexity index is 917. The molecule has 7 nitrogen and oxygen atoms in total. The molecule has 9 heteroatoms. The van der Waals surface area contributed by atoms with E-state index in [1.807, 2.05) is 38.1 Å². The quantitative estimate of drug-likeness (QED) is 0.685. The lowest BCUT2D eigenvalue weighted by molar-refractivity contribution is 0.0730. The topological polar surface area (TPSA) is 84.9 Å². The van der Waals surface area contributed by atoms with E-state index < -0.39 is 10.0 Å². The minimum absolute atomic E-state index is 0.0667. The number of thiophene rings is 1. The Morgan fingerprint density at radius 3 is 2.55 bits per heavy atom. The van der Waals surface area contributed by atoms with Gasteiger partial charge >= 0.3 is 0 Å². The van der Waals surface area contributed by atoms with Crippen LogP contribution in [-0.2, 0) is 21.2 Å². The van der Waals surface area contributed by atoms with Crippen LogP contribution in [0.4, 0.5) is 0 Å². The second kappa shape index (κ2) is 9.71. The first-order valence-corrected chi connectivity index (χ1v) is 11.9. The molecule has 0 saturated carbocycles. The molecule has 0 bridgehead atoms. The standard InChI is InChI=1S/C20H26N2O5S2/c1-15(2)27-17-5-3-16(4-6-17)7-9-21-20(23)19-18(8-14-28-19)29(24,25)22-10-12-26-13-11-22/h3-6,8,14-15H,7,9-13H2,1-2H3,(H,21,23). The van der Waals surface area contributed by atoms with Crippen molar-refractivity contribution in [2.45, 2.75) is 31.3 Å². The van der Waals surface area contributed by atoms with Crippen LogP contribution in [-0.4, -0.2) is 57.6 Å². The molecule has 0 atom stereocenters. The van der Waals surface area contributed by atoms with E-state index in [1.54, 1.807) is 5.38 Å². The number of hydrogen-bond acceptors (Lipinski definition) is 6. The summed E-state index contributed by atoms with van der Waals surface area (Å²) in [6.45, 7) is 5.70. The summed E-state index contributed by atoms with van der Waals surface area (Å²) in [6, 6.07) is 9.23. The van der Waals surface area contributed by atoms with E-state index in [0.717, 1.165) is 22.6 Å². The minimum Gasteiger partial charge on any atom is -0.491 e. The van der Waals surface area contributed by atoms with Gasteiger partial charge in [0.25, 0.3) is 5.91 Å². The minimum atomic E-state index is -3.70. The zero-order valence-electron chi connectivity index (χ0n) is 16.6. The van der Waals surface area contributed by atoms with E-state index in [2.05, 4.69) is 5.32 Å². The first kappa shape index (κ1) is 21.8. The predicted molar refractivity (Wildman–Crippen MR) is 112 cm³/mol. The third-order valence-corrected chi connectivity index (χ3v) is 7.40. The second-order valence-corrected chi connectivity index (χ2v) is 9.77. The third-order valence-electron chi connectivity index (χ3n) is 4.42. The molecule has 2 aromatic rings. The summed E-state index contributed by atoms with van der Waals surface area (Å²) in [6.07, 6.45) is 0.763. The Morgan fingerprint density at radius 1 is 1.21 bits per heavy atom. The van der Waals surface area contributed by atoms with E-state index in [9.17, 15) is 13.2 Å². The van der Waals surface area contributed by atoms with Gasteiger partial charge in [0, 0.05) is 19.6 Å². The van der Waals surface area contributed by atoms with Crippen LogP contribution >= 0.6 is 11.3 Å². The molecule has 1 amide bonds. The van der Waals surface area contributed by atoms with Crippen LogP contribution in [0.3, 0.4) is 0 Å². The highest BCUT2D eigenvalue weighted by Crippen LogP contribution is 2.26. The molecule has 1 fully saturated rings. The lowest BCUT2D eigenvalue weighted by atomic mass is 10.1. The SMILES string of the molecule is CC(C)Oc1ccc(CCNC(=O)c2sccc2S(=O)(=O)N2CCOCC2)cc1. The fourth-order valence-corrected chi connectivity index (χ4v) is 5.72. The highest BCUT2D eigenvalue weighted by atomic mass is 32.2. The predicted octanol–water partition coefficient (Wildman–Crippen LogP) is 2.53. The van der Waals surface area contributed by atoms with Gasteiger partial charge in [0.15, 0.2) is 0 Å². The molecule has 2 heterocycles. The molecule has 1 saturated heterocycles. The zero-order chi connectivity index (χ0) is 20.9. The molecule has 1 aliphatic heterocycles. The largest absolute Gasteiger partial charge is 0.491 e. The average Bonchev–Trinajstić information content (AvgIpc) is 3.20. The zero-order valence-corrected chi connectivity index (χ0v) is 18.2. The van der Waals surface area contributed by atoms with E-state index in [4.69, 9.17) is 9.47 Å². The van der Waals surface area contributed by atoms with Crippen molar-refractivity contribution in [1.82, 2.24) is 9.62 Å². The number of carbonyl (C=O) groups is 1. The van der Waals surface area contributed by atoms with E-state index in [0.29, 0.717) is 39.3 Å². The maximum atomic E-state index is 12.9. The van der Waals surface area contributed by atoms with Gasteiger partial charge in [-0.05, 0) is 49.4 Å². The fourth-order valence-electron chi connectivity index (χ4n) is 3.00. The Morgan fingerprint density at radius 2 is 1.90 bits per heavy atom. The number of morpholine rings is 1. The second-order valence-electron chi connectivity index (χ2n) is 6.95. The van der Waals surface area contributed by atoms with Crippen molar-refractivity contribution in [3.05, 3.63) is 46.2 Å². The van der Waals surface area contributed by atoms with Gasteiger partial charge in [-0.15, -0.1) is 11.3 Å². The molecule has 158 valence electrons. The van der Waals surface area contributed by atoms with Crippen LogP contribution in [0.5, 0.6) is 5.75 Å². The molecule has 0 aliphatic carbocycles. The van der Waals surface area contributed by atoms with Gasteiger partial charge in [0.2, 0.25) is 10.0 Å². The number of hydrogen-bond donors (Lipinski definition) is 1. The van der Waals surface area contributed by atoms with Crippen LogP contribution in [0.15, 0.2) is 40.6 Å². The number of sulfonamides is 1. The molecule has 0 unspecified atom stereocenters. The van der Waals surface area contributed by atoms with Crippen molar-refractivity contribution in [2.75, 3.05) is 32.8 Å². The summed E-state index contributed by atoms with van der Waals surface area (Å²) in [5.74, 6) is 0.441. The summed E-state index contributed by atoms with van der Waals surface area (Å²) in [7, 11) is -3.70. The molecule has 1 N–H and O–H groups in total. The first-order valence-electron chi connectivity index (χ1n) is 9.57. The van der Waals surface area contributed by atoms with Crippen molar-refractivity contribution in [3.8, 4) is 5.75 Å². The van der Waals surface area contributed by atoms with E-state index in [-0.39, 0.29) is 21.8 Å². The summed E-state index contributed by atoms with van der Waals surface area (Å²) in [5, 5.41) is 4.46. The van der Waals surface area contributed by atoms with Gasteiger partial charge in [-0.3, -0.25) is 4.79 Å².